The molecule has 178 valence electrons. The molecule has 6 heteroatoms. The monoisotopic (exact) mass is 452 g/mol. The number of benzene rings is 2. The van der Waals surface area contributed by atoms with E-state index in [-0.39, 0.29) is 5.91 Å². The first-order chi connectivity index (χ1) is 16.1. The van der Waals surface area contributed by atoms with Crippen molar-refractivity contribution < 1.29 is 19.0 Å². The highest BCUT2D eigenvalue weighted by molar-refractivity contribution is 5.95. The van der Waals surface area contributed by atoms with Gasteiger partial charge in [0, 0.05) is 18.7 Å². The molecule has 0 bridgehead atoms. The highest BCUT2D eigenvalue weighted by atomic mass is 16.5. The van der Waals surface area contributed by atoms with Crippen molar-refractivity contribution in [3.05, 3.63) is 53.6 Å². The molecule has 0 aliphatic heterocycles. The summed E-state index contributed by atoms with van der Waals surface area (Å²) in [6.07, 6.45) is 5.86. The lowest BCUT2D eigenvalue weighted by atomic mass is 10.1. The minimum absolute atomic E-state index is 0.0341. The second-order valence-electron chi connectivity index (χ2n) is 7.91. The van der Waals surface area contributed by atoms with Crippen molar-refractivity contribution in [1.29, 1.82) is 5.26 Å². The first-order valence-corrected chi connectivity index (χ1v) is 11.9. The quantitative estimate of drug-likeness (QED) is 0.317. The number of nitriles is 1. The molecule has 6 nitrogen and oxygen atoms in total. The number of hydrogen-bond donors (Lipinski definition) is 0. The third kappa shape index (κ3) is 8.69. The summed E-state index contributed by atoms with van der Waals surface area (Å²) in [6.45, 7) is 6.92. The van der Waals surface area contributed by atoms with Crippen molar-refractivity contribution in [2.75, 3.05) is 33.4 Å². The van der Waals surface area contributed by atoms with Crippen LogP contribution in [-0.2, 0) is 0 Å². The fraction of sp³-hybridized carbons (Fsp3) is 0.481. The summed E-state index contributed by atoms with van der Waals surface area (Å²) in [6, 6.07) is 14.7. The lowest BCUT2D eigenvalue weighted by molar-refractivity contribution is 0.0755. The zero-order valence-electron chi connectivity index (χ0n) is 20.1. The van der Waals surface area contributed by atoms with Gasteiger partial charge < -0.3 is 19.1 Å². The third-order valence-corrected chi connectivity index (χ3v) is 5.23. The largest absolute Gasteiger partial charge is 0.494 e. The van der Waals surface area contributed by atoms with E-state index in [9.17, 15) is 4.79 Å². The lowest BCUT2D eigenvalue weighted by Gasteiger charge is -2.22. The van der Waals surface area contributed by atoms with Crippen LogP contribution in [0.1, 0.15) is 68.3 Å². The van der Waals surface area contributed by atoms with Crippen LogP contribution >= 0.6 is 0 Å². The maximum absolute atomic E-state index is 12.8. The summed E-state index contributed by atoms with van der Waals surface area (Å²) in [4.78, 5) is 14.7. The number of methoxy groups -OCH3 is 1. The number of unbranched alkanes of at least 4 members (excludes halogenated alkanes) is 3. The lowest BCUT2D eigenvalue weighted by Crippen LogP contribution is -2.32. The summed E-state index contributed by atoms with van der Waals surface area (Å²) >= 11 is 0. The van der Waals surface area contributed by atoms with Gasteiger partial charge in [-0.05, 0) is 81.0 Å². The van der Waals surface area contributed by atoms with E-state index in [1.54, 1.807) is 25.3 Å². The molecule has 0 saturated heterocycles. The van der Waals surface area contributed by atoms with Crippen molar-refractivity contribution >= 4 is 5.91 Å². The number of hydrogen-bond acceptors (Lipinski definition) is 5. The molecular weight excluding hydrogens is 416 g/mol. The Kier molecular flexibility index (Phi) is 11.7. The molecule has 0 fully saturated rings. The van der Waals surface area contributed by atoms with E-state index < -0.39 is 0 Å². The molecule has 0 N–H and O–H groups in total. The van der Waals surface area contributed by atoms with Crippen LogP contribution in [0.3, 0.4) is 0 Å². The molecule has 0 atom stereocenters. The number of nitrogens with zero attached hydrogens (tertiary/aromatic N) is 2. The Morgan fingerprint density at radius 1 is 0.879 bits per heavy atom. The second kappa shape index (κ2) is 14.8. The first-order valence-electron chi connectivity index (χ1n) is 11.9. The van der Waals surface area contributed by atoms with E-state index >= 15 is 0 Å². The van der Waals surface area contributed by atoms with Gasteiger partial charge in [-0.3, -0.25) is 4.79 Å². The minimum Gasteiger partial charge on any atom is -0.494 e. The van der Waals surface area contributed by atoms with Crippen molar-refractivity contribution in [2.24, 2.45) is 0 Å². The van der Waals surface area contributed by atoms with E-state index in [4.69, 9.17) is 19.5 Å². The van der Waals surface area contributed by atoms with Gasteiger partial charge in [0.25, 0.3) is 5.91 Å². The number of carbonyl (C=O) groups is 1. The van der Waals surface area contributed by atoms with E-state index in [0.717, 1.165) is 57.4 Å². The normalized spacial score (nSPS) is 10.4. The van der Waals surface area contributed by atoms with Crippen molar-refractivity contribution in [1.82, 2.24) is 4.90 Å². The predicted octanol–water partition coefficient (Wildman–Crippen LogP) is 5.85. The number of amides is 1. The zero-order valence-corrected chi connectivity index (χ0v) is 20.1. The first kappa shape index (κ1) is 26.1. The second-order valence-corrected chi connectivity index (χ2v) is 7.91. The molecule has 0 aromatic heterocycles. The Morgan fingerprint density at radius 3 is 2.09 bits per heavy atom. The SMILES string of the molecule is CCCN(CCC)C(=O)c1ccc(OCCCCCCOc2ccc(C#N)cc2)c(OC)c1. The molecule has 0 unspecified atom stereocenters. The van der Waals surface area contributed by atoms with Crippen molar-refractivity contribution in [2.45, 2.75) is 52.4 Å². The van der Waals surface area contributed by atoms with E-state index in [1.165, 1.54) is 0 Å². The van der Waals surface area contributed by atoms with Gasteiger partial charge in [0.05, 0.1) is 32.0 Å². The Labute approximate surface area is 198 Å². The molecule has 2 rings (SSSR count). The highest BCUT2D eigenvalue weighted by Crippen LogP contribution is 2.29. The van der Waals surface area contributed by atoms with Gasteiger partial charge >= 0.3 is 0 Å². The molecule has 0 aliphatic rings. The summed E-state index contributed by atoms with van der Waals surface area (Å²) in [5.74, 6) is 2.07. The van der Waals surface area contributed by atoms with Crippen LogP contribution in [-0.4, -0.2) is 44.2 Å². The maximum Gasteiger partial charge on any atom is 0.253 e. The average Bonchev–Trinajstić information content (AvgIpc) is 2.85. The van der Waals surface area contributed by atoms with Gasteiger partial charge in [-0.25, -0.2) is 0 Å². The Hall–Kier alpha value is -3.20. The summed E-state index contributed by atoms with van der Waals surface area (Å²) in [5.41, 5.74) is 1.26. The summed E-state index contributed by atoms with van der Waals surface area (Å²) in [5, 5.41) is 8.81. The van der Waals surface area contributed by atoms with Crippen molar-refractivity contribution in [3.63, 3.8) is 0 Å². The predicted molar refractivity (Wildman–Crippen MR) is 130 cm³/mol. The van der Waals surface area contributed by atoms with E-state index in [2.05, 4.69) is 19.9 Å². The maximum atomic E-state index is 12.8. The fourth-order valence-electron chi connectivity index (χ4n) is 3.51. The van der Waals surface area contributed by atoms with Crippen LogP contribution in [0.15, 0.2) is 42.5 Å². The van der Waals surface area contributed by atoms with Crippen molar-refractivity contribution in [3.8, 4) is 23.3 Å². The molecule has 0 aliphatic carbocycles. The molecule has 2 aromatic rings. The number of carbonyl (C=O) groups excluding carboxylic acids is 1. The minimum atomic E-state index is 0.0341. The van der Waals surface area contributed by atoms with Crippen LogP contribution < -0.4 is 14.2 Å². The smallest absolute Gasteiger partial charge is 0.253 e. The summed E-state index contributed by atoms with van der Waals surface area (Å²) < 4.78 is 17.1. The Balaban J connectivity index is 1.71. The highest BCUT2D eigenvalue weighted by Gasteiger charge is 2.16. The zero-order chi connectivity index (χ0) is 23.9. The van der Waals surface area contributed by atoms with Crippen LogP contribution in [0.2, 0.25) is 0 Å². The van der Waals surface area contributed by atoms with Crippen LogP contribution in [0.5, 0.6) is 17.2 Å². The van der Waals surface area contributed by atoms with E-state index in [0.29, 0.717) is 35.8 Å². The molecule has 0 saturated carbocycles. The number of ether oxygens (including phenoxy) is 3. The topological polar surface area (TPSA) is 71.8 Å². The molecule has 0 spiro atoms. The van der Waals surface area contributed by atoms with Gasteiger partial charge in [-0.1, -0.05) is 13.8 Å². The Morgan fingerprint density at radius 2 is 1.52 bits per heavy atom. The summed E-state index contributed by atoms with van der Waals surface area (Å²) in [7, 11) is 1.60. The molecule has 0 radical (unpaired) electrons. The Bertz CT molecular complexity index is 884. The fourth-order valence-corrected chi connectivity index (χ4v) is 3.51. The molecule has 0 heterocycles. The van der Waals surface area contributed by atoms with Crippen LogP contribution in [0, 0.1) is 11.3 Å². The van der Waals surface area contributed by atoms with Gasteiger partial charge in [-0.15, -0.1) is 0 Å². The van der Waals surface area contributed by atoms with Gasteiger partial charge in [0.2, 0.25) is 0 Å². The van der Waals surface area contributed by atoms with Gasteiger partial charge in [0.1, 0.15) is 5.75 Å². The average molecular weight is 453 g/mol. The molecular formula is C27H36N2O4. The standard InChI is InChI=1S/C27H36N2O4/c1-4-16-29(17-5-2)27(30)23-12-15-25(26(20-23)31-3)33-19-9-7-6-8-18-32-24-13-10-22(21-28)11-14-24/h10-15,20H,4-9,16-19H2,1-3H3. The number of rotatable bonds is 15. The van der Waals surface area contributed by atoms with Gasteiger partial charge in [-0.2, -0.15) is 5.26 Å². The van der Waals surface area contributed by atoms with E-state index in [1.807, 2.05) is 29.2 Å². The van der Waals surface area contributed by atoms with Crippen LogP contribution in [0.25, 0.3) is 0 Å². The third-order valence-electron chi connectivity index (χ3n) is 5.23. The molecule has 1 amide bonds. The molecule has 2 aromatic carbocycles. The molecule has 33 heavy (non-hydrogen) atoms. The van der Waals surface area contributed by atoms with Gasteiger partial charge in [0.15, 0.2) is 11.5 Å². The van der Waals surface area contributed by atoms with Crippen LogP contribution in [0.4, 0.5) is 0 Å².